The number of ketones is 2. The predicted octanol–water partition coefficient (Wildman–Crippen LogP) is 3.52. The van der Waals surface area contributed by atoms with Crippen LogP contribution in [0.5, 0.6) is 0 Å². The first-order valence-corrected chi connectivity index (χ1v) is 6.85. The summed E-state index contributed by atoms with van der Waals surface area (Å²) < 4.78 is 0. The van der Waals surface area contributed by atoms with Crippen molar-refractivity contribution in [3.05, 3.63) is 70.2 Å². The second-order valence-corrected chi connectivity index (χ2v) is 5.69. The Kier molecular flexibility index (Phi) is 4.26. The Labute approximate surface area is 128 Å². The Morgan fingerprint density at radius 3 is 2.14 bits per heavy atom. The first-order valence-electron chi connectivity index (χ1n) is 6.47. The molecule has 0 heterocycles. The van der Waals surface area contributed by atoms with Crippen molar-refractivity contribution in [1.82, 2.24) is 0 Å². The van der Waals surface area contributed by atoms with E-state index in [4.69, 9.17) is 11.6 Å². The van der Waals surface area contributed by atoms with Crippen LogP contribution in [0.2, 0.25) is 5.02 Å². The van der Waals surface area contributed by atoms with Gasteiger partial charge in [0.2, 0.25) is 0 Å². The van der Waals surface area contributed by atoms with Gasteiger partial charge in [0.25, 0.3) is 0 Å². The van der Waals surface area contributed by atoms with Crippen LogP contribution in [0.25, 0.3) is 0 Å². The first-order chi connectivity index (χ1) is 9.80. The molecule has 0 aliphatic rings. The fourth-order valence-corrected chi connectivity index (χ4v) is 2.21. The molecule has 108 valence electrons. The summed E-state index contributed by atoms with van der Waals surface area (Å²) in [7, 11) is 0. The smallest absolute Gasteiger partial charge is 0.194 e. The summed E-state index contributed by atoms with van der Waals surface area (Å²) in [4.78, 5) is 24.3. The summed E-state index contributed by atoms with van der Waals surface area (Å²) in [5, 5.41) is 9.92. The van der Waals surface area contributed by atoms with Crippen LogP contribution in [0.3, 0.4) is 0 Å². The van der Waals surface area contributed by atoms with Crippen molar-refractivity contribution in [2.75, 3.05) is 0 Å². The standard InChI is InChI=1S/C17H15ClO3/c1-17(2,21)16(20)12-8-9-13(14(18)10-12)15(19)11-6-4-3-5-7-11/h3-10,21H,1-2H3. The molecule has 0 radical (unpaired) electrons. The number of halogens is 1. The second-order valence-electron chi connectivity index (χ2n) is 5.28. The lowest BCUT2D eigenvalue weighted by Gasteiger charge is -2.16. The quantitative estimate of drug-likeness (QED) is 0.879. The molecule has 0 spiro atoms. The minimum atomic E-state index is -1.48. The van der Waals surface area contributed by atoms with Crippen molar-refractivity contribution in [1.29, 1.82) is 0 Å². The number of hydrogen-bond donors (Lipinski definition) is 1. The van der Waals surface area contributed by atoms with E-state index in [0.29, 0.717) is 11.1 Å². The Bertz CT molecular complexity index is 685. The van der Waals surface area contributed by atoms with Crippen molar-refractivity contribution in [2.45, 2.75) is 19.4 Å². The molecule has 4 heteroatoms. The molecule has 0 aromatic heterocycles. The van der Waals surface area contributed by atoms with Gasteiger partial charge in [0.15, 0.2) is 11.6 Å². The lowest BCUT2D eigenvalue weighted by molar-refractivity contribution is 0.0488. The van der Waals surface area contributed by atoms with Gasteiger partial charge in [0, 0.05) is 16.7 Å². The van der Waals surface area contributed by atoms with Gasteiger partial charge in [-0.3, -0.25) is 9.59 Å². The van der Waals surface area contributed by atoms with Crippen LogP contribution in [-0.2, 0) is 0 Å². The van der Waals surface area contributed by atoms with Crippen molar-refractivity contribution in [3.63, 3.8) is 0 Å². The molecule has 0 saturated carbocycles. The SMILES string of the molecule is CC(C)(O)C(=O)c1ccc(C(=O)c2ccccc2)c(Cl)c1. The summed E-state index contributed by atoms with van der Waals surface area (Å²) in [5.74, 6) is -0.647. The van der Waals surface area contributed by atoms with E-state index in [1.807, 2.05) is 6.07 Å². The Morgan fingerprint density at radius 2 is 1.62 bits per heavy atom. The highest BCUT2D eigenvalue weighted by molar-refractivity contribution is 6.35. The Hall–Kier alpha value is -1.97. The average Bonchev–Trinajstić information content (AvgIpc) is 2.45. The van der Waals surface area contributed by atoms with E-state index in [1.165, 1.54) is 32.0 Å². The molecule has 2 aromatic rings. The van der Waals surface area contributed by atoms with Crippen LogP contribution in [-0.4, -0.2) is 22.3 Å². The highest BCUT2D eigenvalue weighted by atomic mass is 35.5. The monoisotopic (exact) mass is 302 g/mol. The van der Waals surface area contributed by atoms with E-state index >= 15 is 0 Å². The molecule has 0 atom stereocenters. The molecule has 2 aromatic carbocycles. The molecular formula is C17H15ClO3. The minimum absolute atomic E-state index is 0.193. The maximum atomic E-state index is 12.3. The van der Waals surface area contributed by atoms with Gasteiger partial charge in [-0.25, -0.2) is 0 Å². The molecule has 0 saturated heterocycles. The second kappa shape index (κ2) is 5.80. The molecule has 3 nitrogen and oxygen atoms in total. The van der Waals surface area contributed by atoms with Crippen molar-refractivity contribution in [3.8, 4) is 0 Å². The minimum Gasteiger partial charge on any atom is -0.382 e. The summed E-state index contributed by atoms with van der Waals surface area (Å²) in [6.07, 6.45) is 0. The van der Waals surface area contributed by atoms with Crippen LogP contribution in [0.15, 0.2) is 48.5 Å². The average molecular weight is 303 g/mol. The van der Waals surface area contributed by atoms with Crippen molar-refractivity contribution >= 4 is 23.2 Å². The van der Waals surface area contributed by atoms with E-state index < -0.39 is 11.4 Å². The van der Waals surface area contributed by atoms with Crippen LogP contribution in [0.1, 0.15) is 40.1 Å². The molecule has 0 bridgehead atoms. The summed E-state index contributed by atoms with van der Waals surface area (Å²) in [5.41, 5.74) is -0.345. The van der Waals surface area contributed by atoms with Crippen LogP contribution >= 0.6 is 11.6 Å². The van der Waals surface area contributed by atoms with Crippen LogP contribution in [0.4, 0.5) is 0 Å². The third kappa shape index (κ3) is 3.38. The molecule has 21 heavy (non-hydrogen) atoms. The van der Waals surface area contributed by atoms with Gasteiger partial charge in [-0.05, 0) is 26.0 Å². The number of rotatable bonds is 4. The fraction of sp³-hybridized carbons (Fsp3) is 0.176. The van der Waals surface area contributed by atoms with Gasteiger partial charge in [-0.1, -0.05) is 48.0 Å². The zero-order chi connectivity index (χ0) is 15.6. The maximum Gasteiger partial charge on any atom is 0.194 e. The number of aliphatic hydroxyl groups is 1. The lowest BCUT2D eigenvalue weighted by atomic mass is 9.94. The predicted molar refractivity (Wildman–Crippen MR) is 82.0 cm³/mol. The van der Waals surface area contributed by atoms with Crippen LogP contribution < -0.4 is 0 Å². The molecule has 0 unspecified atom stereocenters. The Morgan fingerprint density at radius 1 is 1.00 bits per heavy atom. The number of carbonyl (C=O) groups is 2. The Balaban J connectivity index is 2.37. The molecular weight excluding hydrogens is 288 g/mol. The molecule has 0 aliphatic carbocycles. The molecule has 0 amide bonds. The number of hydrogen-bond acceptors (Lipinski definition) is 3. The molecule has 0 aliphatic heterocycles. The van der Waals surface area contributed by atoms with Gasteiger partial charge in [-0.15, -0.1) is 0 Å². The topological polar surface area (TPSA) is 54.4 Å². The van der Waals surface area contributed by atoms with Crippen LogP contribution in [0, 0.1) is 0 Å². The van der Waals surface area contributed by atoms with E-state index in [0.717, 1.165) is 0 Å². The number of benzene rings is 2. The highest BCUT2D eigenvalue weighted by Crippen LogP contribution is 2.23. The van der Waals surface area contributed by atoms with Gasteiger partial charge >= 0.3 is 0 Å². The first kappa shape index (κ1) is 15.4. The zero-order valence-corrected chi connectivity index (χ0v) is 12.5. The number of carbonyl (C=O) groups excluding carboxylic acids is 2. The summed E-state index contributed by atoms with van der Waals surface area (Å²) in [6.45, 7) is 2.82. The molecule has 0 fully saturated rings. The zero-order valence-electron chi connectivity index (χ0n) is 11.8. The number of Topliss-reactive ketones (excluding diaryl/α,β-unsaturated/α-hetero) is 1. The van der Waals surface area contributed by atoms with E-state index in [2.05, 4.69) is 0 Å². The third-order valence-corrected chi connectivity index (χ3v) is 3.38. The maximum absolute atomic E-state index is 12.3. The van der Waals surface area contributed by atoms with Gasteiger partial charge in [0.05, 0.1) is 5.02 Å². The normalized spacial score (nSPS) is 11.2. The van der Waals surface area contributed by atoms with E-state index in [1.54, 1.807) is 24.3 Å². The van der Waals surface area contributed by atoms with E-state index in [9.17, 15) is 14.7 Å². The van der Waals surface area contributed by atoms with E-state index in [-0.39, 0.29) is 16.4 Å². The van der Waals surface area contributed by atoms with Gasteiger partial charge < -0.3 is 5.11 Å². The summed E-state index contributed by atoms with van der Waals surface area (Å²) >= 11 is 6.11. The van der Waals surface area contributed by atoms with Crippen molar-refractivity contribution in [2.24, 2.45) is 0 Å². The lowest BCUT2D eigenvalue weighted by Crippen LogP contribution is -2.31. The molecule has 1 N–H and O–H groups in total. The summed E-state index contributed by atoms with van der Waals surface area (Å²) in [6, 6.07) is 13.2. The third-order valence-electron chi connectivity index (χ3n) is 3.07. The largest absolute Gasteiger partial charge is 0.382 e. The van der Waals surface area contributed by atoms with Gasteiger partial charge in [-0.2, -0.15) is 0 Å². The highest BCUT2D eigenvalue weighted by Gasteiger charge is 2.26. The van der Waals surface area contributed by atoms with Crippen molar-refractivity contribution < 1.29 is 14.7 Å². The van der Waals surface area contributed by atoms with Gasteiger partial charge in [0.1, 0.15) is 5.60 Å². The molecule has 2 rings (SSSR count). The fourth-order valence-electron chi connectivity index (χ4n) is 1.94.